The van der Waals surface area contributed by atoms with Crippen LogP contribution in [0.4, 0.5) is 5.69 Å². The molecule has 0 fully saturated rings. The minimum atomic E-state index is -0.137. The maximum atomic E-state index is 12.2. The number of rotatable bonds is 5. The van der Waals surface area contributed by atoms with Crippen LogP contribution in [0.3, 0.4) is 0 Å². The summed E-state index contributed by atoms with van der Waals surface area (Å²) in [7, 11) is 1.88. The van der Waals surface area contributed by atoms with E-state index in [2.05, 4.69) is 47.4 Å². The van der Waals surface area contributed by atoms with Gasteiger partial charge in [0, 0.05) is 27.2 Å². The summed E-state index contributed by atoms with van der Waals surface area (Å²) in [6, 6.07) is 13.1. The topological polar surface area (TPSA) is 59.8 Å². The van der Waals surface area contributed by atoms with Crippen molar-refractivity contribution in [2.24, 2.45) is 7.05 Å². The molecule has 0 bridgehead atoms. The van der Waals surface area contributed by atoms with Gasteiger partial charge in [0.05, 0.1) is 10.8 Å². The maximum absolute atomic E-state index is 12.2. The molecule has 1 amide bonds. The smallest absolute Gasteiger partial charge is 0.234 e. The van der Waals surface area contributed by atoms with E-state index in [1.807, 2.05) is 35.9 Å². The summed E-state index contributed by atoms with van der Waals surface area (Å²) >= 11 is 14.1. The molecule has 1 aromatic heterocycles. The number of carbonyl (C=O) groups excluding carboxylic acids is 1. The monoisotopic (exact) mass is 514 g/mol. The summed E-state index contributed by atoms with van der Waals surface area (Å²) in [6.45, 7) is 0. The van der Waals surface area contributed by atoms with Crippen molar-refractivity contribution >= 4 is 66.8 Å². The highest BCUT2D eigenvalue weighted by Crippen LogP contribution is 2.26. The second kappa shape index (κ2) is 8.56. The lowest BCUT2D eigenvalue weighted by Crippen LogP contribution is -2.14. The van der Waals surface area contributed by atoms with Crippen molar-refractivity contribution in [3.8, 4) is 11.4 Å². The molecule has 3 aromatic rings. The van der Waals surface area contributed by atoms with Crippen LogP contribution in [0, 0.1) is 0 Å². The summed E-state index contributed by atoms with van der Waals surface area (Å²) in [5, 5.41) is 12.4. The van der Waals surface area contributed by atoms with Crippen LogP contribution in [0.5, 0.6) is 0 Å². The highest BCUT2D eigenvalue weighted by atomic mass is 79.9. The number of benzene rings is 2. The Labute approximate surface area is 176 Å². The van der Waals surface area contributed by atoms with Crippen molar-refractivity contribution < 1.29 is 4.79 Å². The number of amides is 1. The fourth-order valence-corrected chi connectivity index (χ4v) is 3.59. The number of hydrogen-bond donors (Lipinski definition) is 1. The van der Waals surface area contributed by atoms with E-state index in [0.717, 1.165) is 20.3 Å². The molecule has 134 valence electrons. The van der Waals surface area contributed by atoms with E-state index in [4.69, 9.17) is 11.6 Å². The van der Waals surface area contributed by atoms with E-state index in [0.29, 0.717) is 15.9 Å². The van der Waals surface area contributed by atoms with Crippen LogP contribution >= 0.6 is 55.2 Å². The molecule has 9 heteroatoms. The second-order valence-electron chi connectivity index (χ2n) is 5.34. The van der Waals surface area contributed by atoms with Gasteiger partial charge in [-0.3, -0.25) is 4.79 Å². The summed E-state index contributed by atoms with van der Waals surface area (Å²) in [5.74, 6) is 0.835. The molecule has 0 atom stereocenters. The molecule has 0 radical (unpaired) electrons. The van der Waals surface area contributed by atoms with Gasteiger partial charge in [-0.05, 0) is 46.3 Å². The summed E-state index contributed by atoms with van der Waals surface area (Å²) in [6.07, 6.45) is 0. The zero-order chi connectivity index (χ0) is 18.7. The van der Waals surface area contributed by atoms with Crippen LogP contribution in [-0.2, 0) is 11.8 Å². The quantitative estimate of drug-likeness (QED) is 0.462. The molecule has 26 heavy (non-hydrogen) atoms. The Morgan fingerprint density at radius 2 is 1.92 bits per heavy atom. The van der Waals surface area contributed by atoms with Crippen molar-refractivity contribution in [1.29, 1.82) is 0 Å². The first-order chi connectivity index (χ1) is 12.4. The van der Waals surface area contributed by atoms with Crippen molar-refractivity contribution in [2.45, 2.75) is 5.16 Å². The average Bonchev–Trinajstić information content (AvgIpc) is 2.98. The molecule has 1 heterocycles. The first-order valence-electron chi connectivity index (χ1n) is 7.47. The number of aromatic nitrogens is 3. The van der Waals surface area contributed by atoms with Gasteiger partial charge in [-0.25, -0.2) is 0 Å². The van der Waals surface area contributed by atoms with Gasteiger partial charge in [0.25, 0.3) is 0 Å². The molecule has 0 spiro atoms. The standard InChI is InChI=1S/C17H13Br2ClN4OS/c1-24-16(10-2-4-11(18)5-3-10)22-23-17(24)26-9-15(25)21-12-6-7-13(19)14(20)8-12/h2-8H,9H2,1H3,(H,21,25). The molecule has 0 aliphatic heterocycles. The van der Waals surface area contributed by atoms with Gasteiger partial charge in [0.2, 0.25) is 5.91 Å². The Bertz CT molecular complexity index is 946. The predicted molar refractivity (Wildman–Crippen MR) is 113 cm³/mol. The Morgan fingerprint density at radius 3 is 2.62 bits per heavy atom. The number of hydrogen-bond acceptors (Lipinski definition) is 4. The third-order valence-electron chi connectivity index (χ3n) is 3.47. The van der Waals surface area contributed by atoms with Crippen molar-refractivity contribution in [2.75, 3.05) is 11.1 Å². The van der Waals surface area contributed by atoms with E-state index in [-0.39, 0.29) is 11.7 Å². The Morgan fingerprint density at radius 1 is 1.19 bits per heavy atom. The number of anilines is 1. The van der Waals surface area contributed by atoms with Gasteiger partial charge >= 0.3 is 0 Å². The van der Waals surface area contributed by atoms with Gasteiger partial charge in [0.15, 0.2) is 11.0 Å². The predicted octanol–water partition coefficient (Wildman–Crippen LogP) is 5.39. The molecule has 0 saturated carbocycles. The minimum Gasteiger partial charge on any atom is -0.325 e. The van der Waals surface area contributed by atoms with Crippen molar-refractivity contribution in [1.82, 2.24) is 14.8 Å². The van der Waals surface area contributed by atoms with Crippen LogP contribution in [0.25, 0.3) is 11.4 Å². The van der Waals surface area contributed by atoms with Crippen LogP contribution in [0.2, 0.25) is 5.02 Å². The highest BCUT2D eigenvalue weighted by molar-refractivity contribution is 9.10. The van der Waals surface area contributed by atoms with Gasteiger partial charge in [-0.1, -0.05) is 51.4 Å². The molecular formula is C17H13Br2ClN4OS. The zero-order valence-electron chi connectivity index (χ0n) is 13.5. The molecular weight excluding hydrogens is 504 g/mol. The Hall–Kier alpha value is -1.35. The van der Waals surface area contributed by atoms with Crippen LogP contribution in [0.15, 0.2) is 56.6 Å². The van der Waals surface area contributed by atoms with Gasteiger partial charge in [-0.2, -0.15) is 0 Å². The van der Waals surface area contributed by atoms with Gasteiger partial charge in [-0.15, -0.1) is 10.2 Å². The third-order valence-corrected chi connectivity index (χ3v) is 6.25. The summed E-state index contributed by atoms with van der Waals surface area (Å²) < 4.78 is 3.66. The first kappa shape index (κ1) is 19.4. The Balaban J connectivity index is 1.63. The van der Waals surface area contributed by atoms with Crippen molar-refractivity contribution in [3.63, 3.8) is 0 Å². The molecule has 0 aliphatic carbocycles. The van der Waals surface area contributed by atoms with E-state index in [1.165, 1.54) is 11.8 Å². The van der Waals surface area contributed by atoms with Gasteiger partial charge < -0.3 is 9.88 Å². The maximum Gasteiger partial charge on any atom is 0.234 e. The number of thioether (sulfide) groups is 1. The number of carbonyl (C=O) groups is 1. The lowest BCUT2D eigenvalue weighted by Gasteiger charge is -2.07. The van der Waals surface area contributed by atoms with Crippen LogP contribution < -0.4 is 5.32 Å². The largest absolute Gasteiger partial charge is 0.325 e. The molecule has 0 aliphatic rings. The number of nitrogens with zero attached hydrogens (tertiary/aromatic N) is 3. The van der Waals surface area contributed by atoms with Crippen LogP contribution in [0.1, 0.15) is 0 Å². The first-order valence-corrected chi connectivity index (χ1v) is 10.4. The van der Waals surface area contributed by atoms with E-state index < -0.39 is 0 Å². The minimum absolute atomic E-state index is 0.137. The molecule has 1 N–H and O–H groups in total. The fourth-order valence-electron chi connectivity index (χ4n) is 2.19. The Kier molecular flexibility index (Phi) is 6.39. The lowest BCUT2D eigenvalue weighted by molar-refractivity contribution is -0.113. The molecule has 5 nitrogen and oxygen atoms in total. The number of nitrogens with one attached hydrogen (secondary N) is 1. The zero-order valence-corrected chi connectivity index (χ0v) is 18.3. The van der Waals surface area contributed by atoms with E-state index in [9.17, 15) is 4.79 Å². The van der Waals surface area contributed by atoms with Crippen molar-refractivity contribution in [3.05, 3.63) is 56.4 Å². The third kappa shape index (κ3) is 4.68. The summed E-state index contributed by atoms with van der Waals surface area (Å²) in [4.78, 5) is 12.2. The summed E-state index contributed by atoms with van der Waals surface area (Å²) in [5.41, 5.74) is 1.61. The normalized spacial score (nSPS) is 10.8. The molecule has 3 rings (SSSR count). The highest BCUT2D eigenvalue weighted by Gasteiger charge is 2.13. The van der Waals surface area contributed by atoms with E-state index >= 15 is 0 Å². The lowest BCUT2D eigenvalue weighted by atomic mass is 10.2. The fraction of sp³-hybridized carbons (Fsp3) is 0.118. The SMILES string of the molecule is Cn1c(SCC(=O)Nc2ccc(Br)c(Cl)c2)nnc1-c1ccc(Br)cc1. The van der Waals surface area contributed by atoms with E-state index in [1.54, 1.807) is 18.2 Å². The average molecular weight is 517 g/mol. The van der Waals surface area contributed by atoms with Crippen LogP contribution in [-0.4, -0.2) is 26.4 Å². The molecule has 2 aromatic carbocycles. The number of halogens is 3. The van der Waals surface area contributed by atoms with Gasteiger partial charge in [0.1, 0.15) is 0 Å². The molecule has 0 unspecified atom stereocenters. The second-order valence-corrected chi connectivity index (χ2v) is 8.46. The molecule has 0 saturated heterocycles.